The number of piperidine rings is 1. The first-order chi connectivity index (χ1) is 8.91. The lowest BCUT2D eigenvalue weighted by Gasteiger charge is -2.40. The van der Waals surface area contributed by atoms with Gasteiger partial charge in [-0.05, 0) is 19.3 Å². The van der Waals surface area contributed by atoms with Crippen LogP contribution in [0.1, 0.15) is 39.5 Å². The number of carboxylic acids is 1. The lowest BCUT2D eigenvalue weighted by molar-refractivity contribution is -0.155. The van der Waals surface area contributed by atoms with Gasteiger partial charge in [0.05, 0.1) is 12.0 Å². The van der Waals surface area contributed by atoms with Gasteiger partial charge in [-0.3, -0.25) is 14.4 Å². The van der Waals surface area contributed by atoms with E-state index in [-0.39, 0.29) is 24.9 Å². The summed E-state index contributed by atoms with van der Waals surface area (Å²) in [6.45, 7) is 4.05. The van der Waals surface area contributed by atoms with Gasteiger partial charge in [-0.15, -0.1) is 0 Å². The number of amides is 2. The van der Waals surface area contributed by atoms with Crippen LogP contribution in [0.4, 0.5) is 0 Å². The minimum absolute atomic E-state index is 0.0584. The molecule has 1 aliphatic rings. The Labute approximate surface area is 113 Å². The van der Waals surface area contributed by atoms with Gasteiger partial charge in [-0.2, -0.15) is 0 Å². The molecule has 0 radical (unpaired) electrons. The van der Waals surface area contributed by atoms with E-state index in [4.69, 9.17) is 0 Å². The lowest BCUT2D eigenvalue weighted by Crippen LogP contribution is -2.52. The molecule has 1 heterocycles. The zero-order chi connectivity index (χ0) is 14.5. The highest BCUT2D eigenvalue weighted by atomic mass is 16.4. The van der Waals surface area contributed by atoms with Gasteiger partial charge in [-0.1, -0.05) is 13.3 Å². The summed E-state index contributed by atoms with van der Waals surface area (Å²) in [5.41, 5.74) is -0.821. The molecule has 1 saturated heterocycles. The normalized spacial score (nSPS) is 22.9. The largest absolute Gasteiger partial charge is 0.481 e. The maximum absolute atomic E-state index is 11.9. The summed E-state index contributed by atoms with van der Waals surface area (Å²) in [5, 5.41) is 11.9. The van der Waals surface area contributed by atoms with Gasteiger partial charge in [-0.25, -0.2) is 0 Å². The van der Waals surface area contributed by atoms with Crippen LogP contribution in [0.15, 0.2) is 0 Å². The van der Waals surface area contributed by atoms with Gasteiger partial charge in [0.2, 0.25) is 11.8 Å². The van der Waals surface area contributed by atoms with Crippen LogP contribution in [-0.4, -0.2) is 47.4 Å². The van der Waals surface area contributed by atoms with E-state index >= 15 is 0 Å². The fourth-order valence-electron chi connectivity index (χ4n) is 2.62. The van der Waals surface area contributed by atoms with Crippen molar-refractivity contribution in [1.29, 1.82) is 0 Å². The van der Waals surface area contributed by atoms with Crippen LogP contribution >= 0.6 is 0 Å². The smallest absolute Gasteiger partial charge is 0.311 e. The second-order valence-corrected chi connectivity index (χ2v) is 5.16. The number of nitrogens with one attached hydrogen (secondary N) is 1. The molecule has 1 unspecified atom stereocenters. The van der Waals surface area contributed by atoms with Crippen LogP contribution in [-0.2, 0) is 14.4 Å². The molecule has 6 heteroatoms. The van der Waals surface area contributed by atoms with Gasteiger partial charge in [0.1, 0.15) is 0 Å². The Balaban J connectivity index is 2.69. The van der Waals surface area contributed by atoms with Gasteiger partial charge in [0, 0.05) is 20.0 Å². The predicted octanol–water partition coefficient (Wildman–Crippen LogP) is 0.616. The molecule has 0 saturated carbocycles. The van der Waals surface area contributed by atoms with Crippen molar-refractivity contribution < 1.29 is 19.5 Å². The number of carbonyl (C=O) groups excluding carboxylic acids is 2. The van der Waals surface area contributed by atoms with Gasteiger partial charge >= 0.3 is 5.97 Å². The number of carbonyl (C=O) groups is 3. The standard InChI is InChI=1S/C13H22N2O4/c1-3-5-13(12(18)19)6-4-7-15(9-13)11(17)8-14-10(2)16/h3-9H2,1-2H3,(H,14,16)(H,18,19). The molecule has 0 bridgehead atoms. The van der Waals surface area contributed by atoms with Crippen molar-refractivity contribution in [2.75, 3.05) is 19.6 Å². The van der Waals surface area contributed by atoms with Gasteiger partial charge < -0.3 is 15.3 Å². The zero-order valence-electron chi connectivity index (χ0n) is 11.6. The summed E-state index contributed by atoms with van der Waals surface area (Å²) in [7, 11) is 0. The van der Waals surface area contributed by atoms with Crippen LogP contribution < -0.4 is 5.32 Å². The summed E-state index contributed by atoms with van der Waals surface area (Å²) in [6.07, 6.45) is 2.66. The first-order valence-corrected chi connectivity index (χ1v) is 6.67. The molecule has 1 aliphatic heterocycles. The molecule has 1 atom stereocenters. The molecule has 0 spiro atoms. The van der Waals surface area contributed by atoms with Crippen molar-refractivity contribution in [2.24, 2.45) is 5.41 Å². The minimum Gasteiger partial charge on any atom is -0.481 e. The monoisotopic (exact) mass is 270 g/mol. The molecule has 0 aromatic carbocycles. The second kappa shape index (κ2) is 6.54. The van der Waals surface area contributed by atoms with Crippen molar-refractivity contribution in [3.8, 4) is 0 Å². The third-order valence-electron chi connectivity index (χ3n) is 3.60. The first kappa shape index (κ1) is 15.5. The number of carboxylic acid groups (broad SMARTS) is 1. The van der Waals surface area contributed by atoms with E-state index in [0.29, 0.717) is 25.8 Å². The SMILES string of the molecule is CCCC1(C(=O)O)CCCN(C(=O)CNC(C)=O)C1. The van der Waals surface area contributed by atoms with Crippen molar-refractivity contribution in [2.45, 2.75) is 39.5 Å². The Hall–Kier alpha value is -1.59. The topological polar surface area (TPSA) is 86.7 Å². The molecule has 0 aliphatic carbocycles. The highest BCUT2D eigenvalue weighted by Gasteiger charge is 2.42. The minimum atomic E-state index is -0.827. The van der Waals surface area contributed by atoms with Gasteiger partial charge in [0.25, 0.3) is 0 Å². The lowest BCUT2D eigenvalue weighted by atomic mass is 9.76. The molecule has 2 amide bonds. The van der Waals surface area contributed by atoms with E-state index in [2.05, 4.69) is 5.32 Å². The van der Waals surface area contributed by atoms with Crippen molar-refractivity contribution in [3.63, 3.8) is 0 Å². The quantitative estimate of drug-likeness (QED) is 0.766. The summed E-state index contributed by atoms with van der Waals surface area (Å²) in [5.74, 6) is -1.30. The molecule has 1 fully saturated rings. The summed E-state index contributed by atoms with van der Waals surface area (Å²) in [6, 6.07) is 0. The van der Waals surface area contributed by atoms with Gasteiger partial charge in [0.15, 0.2) is 0 Å². The van der Waals surface area contributed by atoms with E-state index < -0.39 is 11.4 Å². The fraction of sp³-hybridized carbons (Fsp3) is 0.769. The fourth-order valence-corrected chi connectivity index (χ4v) is 2.62. The average Bonchev–Trinajstić information content (AvgIpc) is 2.36. The van der Waals surface area contributed by atoms with Crippen LogP contribution in [0, 0.1) is 5.41 Å². The molecule has 6 nitrogen and oxygen atoms in total. The van der Waals surface area contributed by atoms with Crippen molar-refractivity contribution >= 4 is 17.8 Å². The third kappa shape index (κ3) is 3.94. The number of rotatable bonds is 5. The second-order valence-electron chi connectivity index (χ2n) is 5.16. The van der Waals surface area contributed by atoms with Crippen LogP contribution in [0.2, 0.25) is 0 Å². The number of aliphatic carboxylic acids is 1. The zero-order valence-corrected chi connectivity index (χ0v) is 11.6. The highest BCUT2D eigenvalue weighted by Crippen LogP contribution is 2.35. The molecule has 108 valence electrons. The van der Waals surface area contributed by atoms with Crippen LogP contribution in [0.25, 0.3) is 0 Å². The highest BCUT2D eigenvalue weighted by molar-refractivity contribution is 5.84. The van der Waals surface area contributed by atoms with Crippen molar-refractivity contribution in [3.05, 3.63) is 0 Å². The Morgan fingerprint density at radius 2 is 2.05 bits per heavy atom. The Kier molecular flexibility index (Phi) is 5.32. The summed E-state index contributed by atoms with van der Waals surface area (Å²) >= 11 is 0. The molecule has 0 aromatic rings. The third-order valence-corrected chi connectivity index (χ3v) is 3.60. The van der Waals surface area contributed by atoms with E-state index in [0.717, 1.165) is 6.42 Å². The number of hydrogen-bond acceptors (Lipinski definition) is 3. The van der Waals surface area contributed by atoms with E-state index in [9.17, 15) is 19.5 Å². The first-order valence-electron chi connectivity index (χ1n) is 6.67. The summed E-state index contributed by atoms with van der Waals surface area (Å²) < 4.78 is 0. The molecular formula is C13H22N2O4. The van der Waals surface area contributed by atoms with E-state index in [1.807, 2.05) is 6.92 Å². The van der Waals surface area contributed by atoms with Crippen LogP contribution in [0.5, 0.6) is 0 Å². The molecule has 2 N–H and O–H groups in total. The number of likely N-dealkylation sites (tertiary alicyclic amines) is 1. The maximum atomic E-state index is 11.9. The average molecular weight is 270 g/mol. The Morgan fingerprint density at radius 3 is 2.58 bits per heavy atom. The maximum Gasteiger partial charge on any atom is 0.311 e. The molecular weight excluding hydrogens is 248 g/mol. The Bertz CT molecular complexity index is 366. The molecule has 19 heavy (non-hydrogen) atoms. The van der Waals surface area contributed by atoms with Crippen molar-refractivity contribution in [1.82, 2.24) is 10.2 Å². The van der Waals surface area contributed by atoms with Crippen LogP contribution in [0.3, 0.4) is 0 Å². The predicted molar refractivity (Wildman–Crippen MR) is 69.5 cm³/mol. The molecule has 0 aromatic heterocycles. The van der Waals surface area contributed by atoms with E-state index in [1.54, 1.807) is 4.90 Å². The number of nitrogens with zero attached hydrogens (tertiary/aromatic N) is 1. The Morgan fingerprint density at radius 1 is 1.37 bits per heavy atom. The molecule has 1 rings (SSSR count). The number of hydrogen-bond donors (Lipinski definition) is 2. The van der Waals surface area contributed by atoms with E-state index in [1.165, 1.54) is 6.92 Å². The summed E-state index contributed by atoms with van der Waals surface area (Å²) in [4.78, 5) is 35.8.